The standard InChI is InChI=1S/C19H21ClN6.HI/c1-2-22-19(24-12-16-5-3-4-6-18(16)20)23-11-15-7-9-17(10-8-15)26-14-21-13-25-26;/h3-10,13-14H,2,11-12H2,1H3,(H2,22,23,24);1H. The highest BCUT2D eigenvalue weighted by Gasteiger charge is 2.02. The average Bonchev–Trinajstić information content (AvgIpc) is 3.20. The summed E-state index contributed by atoms with van der Waals surface area (Å²) in [7, 11) is 0. The second-order valence-electron chi connectivity index (χ2n) is 5.65. The Bertz CT molecular complexity index is 849. The zero-order valence-electron chi connectivity index (χ0n) is 15.0. The van der Waals surface area contributed by atoms with Crippen LogP contribution in [-0.4, -0.2) is 27.3 Å². The molecule has 0 unspecified atom stereocenters. The van der Waals surface area contributed by atoms with E-state index in [0.717, 1.165) is 34.3 Å². The van der Waals surface area contributed by atoms with Gasteiger partial charge in [0.15, 0.2) is 5.96 Å². The molecule has 0 amide bonds. The van der Waals surface area contributed by atoms with Gasteiger partial charge in [-0.05, 0) is 36.2 Å². The van der Waals surface area contributed by atoms with Crippen molar-refractivity contribution in [2.24, 2.45) is 4.99 Å². The molecular formula is C19H22ClIN6. The van der Waals surface area contributed by atoms with Crippen molar-refractivity contribution in [2.45, 2.75) is 20.0 Å². The molecule has 0 fully saturated rings. The van der Waals surface area contributed by atoms with Crippen LogP contribution in [0.3, 0.4) is 0 Å². The van der Waals surface area contributed by atoms with Crippen LogP contribution in [0.5, 0.6) is 0 Å². The van der Waals surface area contributed by atoms with Crippen molar-refractivity contribution in [1.29, 1.82) is 0 Å². The minimum atomic E-state index is 0. The van der Waals surface area contributed by atoms with Gasteiger partial charge in [0.25, 0.3) is 0 Å². The summed E-state index contributed by atoms with van der Waals surface area (Å²) in [6, 6.07) is 15.9. The molecule has 2 N–H and O–H groups in total. The van der Waals surface area contributed by atoms with E-state index in [0.29, 0.717) is 13.1 Å². The molecule has 3 rings (SSSR count). The zero-order valence-corrected chi connectivity index (χ0v) is 18.1. The normalized spacial score (nSPS) is 11.0. The first-order valence-corrected chi connectivity index (χ1v) is 8.83. The summed E-state index contributed by atoms with van der Waals surface area (Å²) in [5, 5.41) is 11.4. The summed E-state index contributed by atoms with van der Waals surface area (Å²) < 4.78 is 1.72. The molecule has 0 saturated carbocycles. The Morgan fingerprint density at radius 3 is 2.56 bits per heavy atom. The Morgan fingerprint density at radius 1 is 1.11 bits per heavy atom. The quantitative estimate of drug-likeness (QED) is 0.310. The van der Waals surface area contributed by atoms with E-state index >= 15 is 0 Å². The van der Waals surface area contributed by atoms with Gasteiger partial charge in [0.05, 0.1) is 12.2 Å². The maximum Gasteiger partial charge on any atom is 0.191 e. The van der Waals surface area contributed by atoms with Gasteiger partial charge in [-0.2, -0.15) is 5.10 Å². The third-order valence-corrected chi connectivity index (χ3v) is 4.16. The Labute approximate surface area is 181 Å². The van der Waals surface area contributed by atoms with Crippen molar-refractivity contribution in [1.82, 2.24) is 25.4 Å². The number of aromatic nitrogens is 3. The van der Waals surface area contributed by atoms with Crippen LogP contribution in [0.4, 0.5) is 0 Å². The molecule has 0 spiro atoms. The maximum atomic E-state index is 6.20. The minimum absolute atomic E-state index is 0. The molecule has 2 aromatic carbocycles. The molecule has 142 valence electrons. The van der Waals surface area contributed by atoms with E-state index in [-0.39, 0.29) is 24.0 Å². The van der Waals surface area contributed by atoms with Gasteiger partial charge in [-0.1, -0.05) is 41.9 Å². The zero-order chi connectivity index (χ0) is 18.2. The van der Waals surface area contributed by atoms with Crippen LogP contribution >= 0.6 is 35.6 Å². The molecule has 0 bridgehead atoms. The van der Waals surface area contributed by atoms with Crippen molar-refractivity contribution in [2.75, 3.05) is 6.54 Å². The molecule has 3 aromatic rings. The number of nitrogens with one attached hydrogen (secondary N) is 2. The highest BCUT2D eigenvalue weighted by Crippen LogP contribution is 2.14. The van der Waals surface area contributed by atoms with Gasteiger partial charge in [-0.3, -0.25) is 0 Å². The fourth-order valence-electron chi connectivity index (χ4n) is 2.43. The summed E-state index contributed by atoms with van der Waals surface area (Å²) in [6.07, 6.45) is 3.20. The molecule has 27 heavy (non-hydrogen) atoms. The summed E-state index contributed by atoms with van der Waals surface area (Å²) in [6.45, 7) is 4.03. The lowest BCUT2D eigenvalue weighted by Gasteiger charge is -2.12. The Balaban J connectivity index is 0.00000261. The number of halogens is 2. The second-order valence-corrected chi connectivity index (χ2v) is 6.05. The monoisotopic (exact) mass is 496 g/mol. The molecule has 0 atom stereocenters. The summed E-state index contributed by atoms with van der Waals surface area (Å²) in [4.78, 5) is 8.59. The first-order chi connectivity index (χ1) is 12.8. The van der Waals surface area contributed by atoms with Gasteiger partial charge in [-0.25, -0.2) is 14.7 Å². The first-order valence-electron chi connectivity index (χ1n) is 8.46. The SMILES string of the molecule is CCNC(=NCc1ccc(-n2cncn2)cc1)NCc1ccccc1Cl.I. The smallest absolute Gasteiger partial charge is 0.191 e. The van der Waals surface area contributed by atoms with E-state index < -0.39 is 0 Å². The van der Waals surface area contributed by atoms with Crippen molar-refractivity contribution >= 4 is 41.5 Å². The molecule has 6 nitrogen and oxygen atoms in total. The predicted molar refractivity (Wildman–Crippen MR) is 120 cm³/mol. The van der Waals surface area contributed by atoms with Crippen molar-refractivity contribution in [3.05, 3.63) is 77.3 Å². The molecule has 0 aliphatic rings. The molecule has 0 aliphatic carbocycles. The van der Waals surface area contributed by atoms with Gasteiger partial charge in [-0.15, -0.1) is 24.0 Å². The Kier molecular flexibility index (Phi) is 8.53. The average molecular weight is 497 g/mol. The fraction of sp³-hybridized carbons (Fsp3) is 0.211. The predicted octanol–water partition coefficient (Wildman–Crippen LogP) is 3.79. The minimum Gasteiger partial charge on any atom is -0.357 e. The Hall–Kier alpha value is -2.13. The molecular weight excluding hydrogens is 475 g/mol. The van der Waals surface area contributed by atoms with Crippen molar-refractivity contribution in [3.8, 4) is 5.69 Å². The summed E-state index contributed by atoms with van der Waals surface area (Å²) in [5.41, 5.74) is 3.12. The molecule has 0 radical (unpaired) electrons. The van der Waals surface area contributed by atoms with E-state index in [9.17, 15) is 0 Å². The molecule has 0 aliphatic heterocycles. The lowest BCUT2D eigenvalue weighted by Crippen LogP contribution is -2.36. The number of rotatable bonds is 6. The van der Waals surface area contributed by atoms with Gasteiger partial charge in [0, 0.05) is 18.1 Å². The van der Waals surface area contributed by atoms with Crippen LogP contribution in [-0.2, 0) is 13.1 Å². The van der Waals surface area contributed by atoms with Crippen molar-refractivity contribution < 1.29 is 0 Å². The summed E-state index contributed by atoms with van der Waals surface area (Å²) in [5.74, 6) is 0.757. The topological polar surface area (TPSA) is 67.1 Å². The highest BCUT2D eigenvalue weighted by molar-refractivity contribution is 14.0. The number of aliphatic imine (C=N–C) groups is 1. The van der Waals surface area contributed by atoms with Crippen LogP contribution in [0.25, 0.3) is 5.69 Å². The third-order valence-electron chi connectivity index (χ3n) is 3.79. The van der Waals surface area contributed by atoms with E-state index in [1.54, 1.807) is 11.0 Å². The van der Waals surface area contributed by atoms with Gasteiger partial charge in [0.2, 0.25) is 0 Å². The van der Waals surface area contributed by atoms with E-state index in [4.69, 9.17) is 11.6 Å². The van der Waals surface area contributed by atoms with Gasteiger partial charge in [0.1, 0.15) is 12.7 Å². The lowest BCUT2D eigenvalue weighted by atomic mass is 10.2. The molecule has 1 heterocycles. The first kappa shape index (κ1) is 21.2. The number of guanidine groups is 1. The van der Waals surface area contributed by atoms with Crippen LogP contribution in [0.1, 0.15) is 18.1 Å². The third kappa shape index (κ3) is 6.21. The number of hydrogen-bond acceptors (Lipinski definition) is 3. The fourth-order valence-corrected chi connectivity index (χ4v) is 2.63. The molecule has 8 heteroatoms. The van der Waals surface area contributed by atoms with Crippen molar-refractivity contribution in [3.63, 3.8) is 0 Å². The molecule has 1 aromatic heterocycles. The van der Waals surface area contributed by atoms with Crippen LogP contribution < -0.4 is 10.6 Å². The van der Waals surface area contributed by atoms with Crippen LogP contribution in [0.15, 0.2) is 66.2 Å². The highest BCUT2D eigenvalue weighted by atomic mass is 127. The maximum absolute atomic E-state index is 6.20. The lowest BCUT2D eigenvalue weighted by molar-refractivity contribution is 0.816. The molecule has 0 saturated heterocycles. The van der Waals surface area contributed by atoms with Gasteiger partial charge < -0.3 is 10.6 Å². The van der Waals surface area contributed by atoms with E-state index in [1.807, 2.05) is 55.5 Å². The second kappa shape index (κ2) is 10.9. The van der Waals surface area contributed by atoms with Gasteiger partial charge >= 0.3 is 0 Å². The van der Waals surface area contributed by atoms with Crippen LogP contribution in [0.2, 0.25) is 5.02 Å². The van der Waals surface area contributed by atoms with Crippen LogP contribution in [0, 0.1) is 0 Å². The number of hydrogen-bond donors (Lipinski definition) is 2. The largest absolute Gasteiger partial charge is 0.357 e. The summed E-state index contributed by atoms with van der Waals surface area (Å²) >= 11 is 6.20. The Morgan fingerprint density at radius 2 is 1.89 bits per heavy atom. The van der Waals surface area contributed by atoms with E-state index in [1.165, 1.54) is 6.33 Å². The number of nitrogens with zero attached hydrogens (tertiary/aromatic N) is 4. The number of benzene rings is 2. The van der Waals surface area contributed by atoms with E-state index in [2.05, 4.69) is 25.7 Å².